The summed E-state index contributed by atoms with van der Waals surface area (Å²) in [4.78, 5) is 3.35. The second-order valence-corrected chi connectivity index (χ2v) is 4.42. The molecule has 1 aromatic heterocycles. The maximum atomic E-state index is 3.52. The van der Waals surface area contributed by atoms with E-state index in [1.165, 1.54) is 0 Å². The van der Waals surface area contributed by atoms with Crippen LogP contribution in [0.15, 0.2) is 16.6 Å². The number of anilines is 3. The normalized spacial score (nSPS) is 10.5. The van der Waals surface area contributed by atoms with E-state index in [0.717, 1.165) is 32.6 Å². The zero-order chi connectivity index (χ0) is 11.7. The molecule has 1 aromatic carbocycles. The third kappa shape index (κ3) is 1.61. The average molecular weight is 283 g/mol. The maximum Gasteiger partial charge on any atom is 0.128 e. The Morgan fingerprint density at radius 1 is 1.06 bits per heavy atom. The molecule has 2 rings (SSSR count). The molecule has 1 heterocycles. The molecular formula is C11H15BrN4. The van der Waals surface area contributed by atoms with Gasteiger partial charge in [0.25, 0.3) is 0 Å². The largest absolute Gasteiger partial charge is 0.386 e. The first kappa shape index (κ1) is 11.1. The number of rotatable bonds is 3. The summed E-state index contributed by atoms with van der Waals surface area (Å²) in [6.45, 7) is 0. The first-order valence-electron chi connectivity index (χ1n) is 5.09. The Kier molecular flexibility index (Phi) is 2.96. The average Bonchev–Trinajstić information content (AvgIpc) is 2.65. The van der Waals surface area contributed by atoms with E-state index >= 15 is 0 Å². The molecule has 0 amide bonds. The predicted molar refractivity (Wildman–Crippen MR) is 74.6 cm³/mol. The van der Waals surface area contributed by atoms with Crippen LogP contribution in [0.4, 0.5) is 17.2 Å². The number of benzene rings is 1. The number of aromatic amines is 1. The minimum Gasteiger partial charge on any atom is -0.386 e. The lowest BCUT2D eigenvalue weighted by molar-refractivity contribution is 1.37. The Bertz CT molecular complexity index is 518. The highest BCUT2D eigenvalue weighted by Crippen LogP contribution is 2.37. The Morgan fingerprint density at radius 2 is 1.81 bits per heavy atom. The summed E-state index contributed by atoms with van der Waals surface area (Å²) >= 11 is 3.52. The van der Waals surface area contributed by atoms with Gasteiger partial charge >= 0.3 is 0 Å². The van der Waals surface area contributed by atoms with Gasteiger partial charge in [0, 0.05) is 31.0 Å². The number of fused-ring (bicyclic) bond motifs is 1. The molecule has 0 aliphatic rings. The molecule has 0 atom stereocenters. The Labute approximate surface area is 103 Å². The monoisotopic (exact) mass is 282 g/mol. The van der Waals surface area contributed by atoms with Crippen LogP contribution >= 0.6 is 15.9 Å². The van der Waals surface area contributed by atoms with Gasteiger partial charge in [0.2, 0.25) is 0 Å². The molecule has 86 valence electrons. The highest BCUT2D eigenvalue weighted by molar-refractivity contribution is 9.10. The molecule has 4 N–H and O–H groups in total. The zero-order valence-electron chi connectivity index (χ0n) is 9.53. The number of halogens is 1. The SMILES string of the molecule is CNc1[nH]c2c(NC)cc(Br)cc2c1NC. The van der Waals surface area contributed by atoms with E-state index in [1.54, 1.807) is 0 Å². The lowest BCUT2D eigenvalue weighted by Gasteiger charge is -2.04. The Balaban J connectivity index is 2.80. The molecule has 16 heavy (non-hydrogen) atoms. The third-order valence-corrected chi connectivity index (χ3v) is 3.10. The van der Waals surface area contributed by atoms with E-state index < -0.39 is 0 Å². The van der Waals surface area contributed by atoms with E-state index in [0.29, 0.717) is 0 Å². The fourth-order valence-electron chi connectivity index (χ4n) is 1.91. The number of aromatic nitrogens is 1. The number of hydrogen-bond donors (Lipinski definition) is 4. The minimum absolute atomic E-state index is 0.993. The Morgan fingerprint density at radius 3 is 2.38 bits per heavy atom. The van der Waals surface area contributed by atoms with Gasteiger partial charge in [0.1, 0.15) is 5.82 Å². The predicted octanol–water partition coefficient (Wildman–Crippen LogP) is 3.06. The molecule has 4 nitrogen and oxygen atoms in total. The fraction of sp³-hybridized carbons (Fsp3) is 0.273. The molecule has 5 heteroatoms. The summed E-state index contributed by atoms with van der Waals surface area (Å²) in [6, 6.07) is 4.15. The van der Waals surface area contributed by atoms with Crippen LogP contribution in [-0.4, -0.2) is 26.1 Å². The van der Waals surface area contributed by atoms with Crippen LogP contribution in [0.25, 0.3) is 10.9 Å². The smallest absolute Gasteiger partial charge is 0.128 e. The second-order valence-electron chi connectivity index (χ2n) is 3.50. The van der Waals surface area contributed by atoms with Crippen molar-refractivity contribution in [1.29, 1.82) is 0 Å². The van der Waals surface area contributed by atoms with Crippen LogP contribution in [0.2, 0.25) is 0 Å². The molecule has 0 spiro atoms. The van der Waals surface area contributed by atoms with E-state index in [1.807, 2.05) is 21.1 Å². The van der Waals surface area contributed by atoms with Gasteiger partial charge in [-0.05, 0) is 12.1 Å². The Hall–Kier alpha value is -1.36. The number of nitrogens with one attached hydrogen (secondary N) is 4. The summed E-state index contributed by atoms with van der Waals surface area (Å²) in [7, 11) is 5.74. The molecule has 0 aliphatic carbocycles. The maximum absolute atomic E-state index is 3.52. The molecule has 0 fully saturated rings. The van der Waals surface area contributed by atoms with Gasteiger partial charge in [-0.25, -0.2) is 0 Å². The lowest BCUT2D eigenvalue weighted by atomic mass is 10.2. The number of H-pyrrole nitrogens is 1. The summed E-state index contributed by atoms with van der Waals surface area (Å²) in [5.41, 5.74) is 3.25. The highest BCUT2D eigenvalue weighted by Gasteiger charge is 2.12. The van der Waals surface area contributed by atoms with Crippen LogP contribution in [0.3, 0.4) is 0 Å². The van der Waals surface area contributed by atoms with Crippen LogP contribution in [0.5, 0.6) is 0 Å². The van der Waals surface area contributed by atoms with Crippen molar-refractivity contribution >= 4 is 44.0 Å². The first-order valence-corrected chi connectivity index (χ1v) is 5.89. The van der Waals surface area contributed by atoms with Crippen molar-refractivity contribution in [3.63, 3.8) is 0 Å². The van der Waals surface area contributed by atoms with E-state index in [4.69, 9.17) is 0 Å². The standard InChI is InChI=1S/C11H15BrN4/c1-13-8-5-6(12)4-7-9(8)16-11(15-3)10(7)14-2/h4-5,13-16H,1-3H3. The van der Waals surface area contributed by atoms with Gasteiger partial charge in [-0.3, -0.25) is 0 Å². The second kappa shape index (κ2) is 4.25. The zero-order valence-corrected chi connectivity index (χ0v) is 11.1. The van der Waals surface area contributed by atoms with Gasteiger partial charge < -0.3 is 20.9 Å². The van der Waals surface area contributed by atoms with Crippen molar-refractivity contribution in [1.82, 2.24) is 4.98 Å². The van der Waals surface area contributed by atoms with Crippen molar-refractivity contribution in [2.45, 2.75) is 0 Å². The third-order valence-electron chi connectivity index (χ3n) is 2.64. The molecule has 0 unspecified atom stereocenters. The topological polar surface area (TPSA) is 51.9 Å². The van der Waals surface area contributed by atoms with E-state index in [-0.39, 0.29) is 0 Å². The van der Waals surface area contributed by atoms with E-state index in [2.05, 4.69) is 49.0 Å². The fourth-order valence-corrected chi connectivity index (χ4v) is 2.36. The molecule has 0 saturated carbocycles. The molecule has 0 saturated heterocycles. The van der Waals surface area contributed by atoms with Gasteiger partial charge in [-0.2, -0.15) is 0 Å². The lowest BCUT2D eigenvalue weighted by Crippen LogP contribution is -1.94. The molecule has 0 radical (unpaired) electrons. The highest BCUT2D eigenvalue weighted by atomic mass is 79.9. The van der Waals surface area contributed by atoms with Gasteiger partial charge in [0.15, 0.2) is 0 Å². The van der Waals surface area contributed by atoms with Gasteiger partial charge in [0.05, 0.1) is 16.9 Å². The van der Waals surface area contributed by atoms with Crippen molar-refractivity contribution in [2.75, 3.05) is 37.1 Å². The van der Waals surface area contributed by atoms with Crippen LogP contribution in [0, 0.1) is 0 Å². The van der Waals surface area contributed by atoms with Crippen molar-refractivity contribution in [3.8, 4) is 0 Å². The van der Waals surface area contributed by atoms with Crippen LogP contribution in [-0.2, 0) is 0 Å². The summed E-state index contributed by atoms with van der Waals surface area (Å²) in [5, 5.41) is 10.7. The van der Waals surface area contributed by atoms with Gasteiger partial charge in [-0.1, -0.05) is 15.9 Å². The summed E-state index contributed by atoms with van der Waals surface area (Å²) in [6.07, 6.45) is 0. The van der Waals surface area contributed by atoms with Crippen molar-refractivity contribution < 1.29 is 0 Å². The van der Waals surface area contributed by atoms with Crippen LogP contribution < -0.4 is 16.0 Å². The first-order chi connectivity index (χ1) is 7.71. The molecule has 0 bridgehead atoms. The van der Waals surface area contributed by atoms with Gasteiger partial charge in [-0.15, -0.1) is 0 Å². The van der Waals surface area contributed by atoms with E-state index in [9.17, 15) is 0 Å². The number of hydrogen-bond acceptors (Lipinski definition) is 3. The molecule has 0 aliphatic heterocycles. The quantitative estimate of drug-likeness (QED) is 0.700. The van der Waals surface area contributed by atoms with Crippen LogP contribution in [0.1, 0.15) is 0 Å². The molecular weight excluding hydrogens is 268 g/mol. The van der Waals surface area contributed by atoms with Crippen molar-refractivity contribution in [3.05, 3.63) is 16.6 Å². The molecule has 2 aromatic rings. The summed E-state index contributed by atoms with van der Waals surface area (Å²) < 4.78 is 1.06. The minimum atomic E-state index is 0.993. The van der Waals surface area contributed by atoms with Crippen molar-refractivity contribution in [2.24, 2.45) is 0 Å². The summed E-state index contributed by atoms with van der Waals surface area (Å²) in [5.74, 6) is 0.993.